The van der Waals surface area contributed by atoms with Crippen LogP contribution in [0.3, 0.4) is 0 Å². The number of benzene rings is 3. The van der Waals surface area contributed by atoms with Crippen LogP contribution in [-0.2, 0) is 0 Å². The van der Waals surface area contributed by atoms with Crippen molar-refractivity contribution in [2.24, 2.45) is 0 Å². The van der Waals surface area contributed by atoms with Gasteiger partial charge in [0.2, 0.25) is 0 Å². The zero-order valence-corrected chi connectivity index (χ0v) is 18.4. The molecule has 6 heteroatoms. The molecule has 0 aliphatic rings. The van der Waals surface area contributed by atoms with Crippen LogP contribution in [0, 0.1) is 0 Å². The molecule has 0 fully saturated rings. The van der Waals surface area contributed by atoms with Crippen LogP contribution in [0.4, 0.5) is 0 Å². The van der Waals surface area contributed by atoms with E-state index in [9.17, 15) is 0 Å². The van der Waals surface area contributed by atoms with Gasteiger partial charge in [-0.2, -0.15) is 0 Å². The van der Waals surface area contributed by atoms with Crippen LogP contribution < -0.4 is 4.74 Å². The summed E-state index contributed by atoms with van der Waals surface area (Å²) < 4.78 is 7.45. The Labute approximate surface area is 190 Å². The fourth-order valence-electron chi connectivity index (χ4n) is 3.63. The van der Waals surface area contributed by atoms with E-state index in [4.69, 9.17) is 4.74 Å². The van der Waals surface area contributed by atoms with Crippen molar-refractivity contribution >= 4 is 28.7 Å². The molecule has 5 aromatic rings. The first kappa shape index (κ1) is 20.2. The van der Waals surface area contributed by atoms with E-state index in [1.165, 1.54) is 5.56 Å². The Morgan fingerprint density at radius 3 is 2.53 bits per heavy atom. The van der Waals surface area contributed by atoms with Gasteiger partial charge < -0.3 is 9.72 Å². The molecule has 2 heterocycles. The predicted octanol–water partition coefficient (Wildman–Crippen LogP) is 6.23. The highest BCUT2D eigenvalue weighted by Crippen LogP contribution is 2.33. The van der Waals surface area contributed by atoms with Crippen LogP contribution in [0.2, 0.25) is 0 Å². The lowest BCUT2D eigenvalue weighted by Gasteiger charge is -2.10. The third-order valence-electron chi connectivity index (χ3n) is 5.21. The maximum absolute atomic E-state index is 5.34. The second-order valence-electron chi connectivity index (χ2n) is 7.21. The minimum Gasteiger partial charge on any atom is -0.497 e. The lowest BCUT2D eigenvalue weighted by Crippen LogP contribution is -1.99. The highest BCUT2D eigenvalue weighted by molar-refractivity contribution is 7.99. The van der Waals surface area contributed by atoms with E-state index < -0.39 is 0 Å². The van der Waals surface area contributed by atoms with E-state index in [1.54, 1.807) is 18.9 Å². The van der Waals surface area contributed by atoms with Gasteiger partial charge in [0, 0.05) is 34.1 Å². The SMILES string of the molecule is COc1ccc(-n2c(SCC=Cc3ccccc3)nnc2-c2c[nH]c3ccccc23)cc1. The number of hydrogen-bond donors (Lipinski definition) is 1. The third kappa shape index (κ3) is 4.05. The summed E-state index contributed by atoms with van der Waals surface area (Å²) in [5, 5.41) is 11.1. The number of para-hydroxylation sites is 1. The highest BCUT2D eigenvalue weighted by Gasteiger charge is 2.18. The Morgan fingerprint density at radius 2 is 1.72 bits per heavy atom. The van der Waals surface area contributed by atoms with Crippen LogP contribution in [0.15, 0.2) is 96.3 Å². The molecule has 0 atom stereocenters. The zero-order chi connectivity index (χ0) is 21.8. The van der Waals surface area contributed by atoms with E-state index >= 15 is 0 Å². The van der Waals surface area contributed by atoms with E-state index in [0.717, 1.165) is 44.6 Å². The van der Waals surface area contributed by atoms with E-state index in [1.807, 2.05) is 60.8 Å². The summed E-state index contributed by atoms with van der Waals surface area (Å²) >= 11 is 1.66. The topological polar surface area (TPSA) is 55.7 Å². The van der Waals surface area contributed by atoms with E-state index in [2.05, 4.69) is 56.2 Å². The van der Waals surface area contributed by atoms with Gasteiger partial charge in [0.25, 0.3) is 0 Å². The first-order chi connectivity index (χ1) is 15.8. The van der Waals surface area contributed by atoms with Crippen LogP contribution >= 0.6 is 11.8 Å². The normalized spacial score (nSPS) is 11.4. The third-order valence-corrected chi connectivity index (χ3v) is 6.09. The van der Waals surface area contributed by atoms with Crippen molar-refractivity contribution in [1.82, 2.24) is 19.7 Å². The molecular weight excluding hydrogens is 416 g/mol. The minimum absolute atomic E-state index is 0.789. The van der Waals surface area contributed by atoms with Gasteiger partial charge in [-0.3, -0.25) is 4.57 Å². The van der Waals surface area contributed by atoms with Crippen molar-refractivity contribution in [3.8, 4) is 22.8 Å². The molecule has 5 nitrogen and oxygen atoms in total. The second-order valence-corrected chi connectivity index (χ2v) is 8.20. The summed E-state index contributed by atoms with van der Waals surface area (Å²) in [5.41, 5.74) is 4.28. The number of thioether (sulfide) groups is 1. The predicted molar refractivity (Wildman–Crippen MR) is 131 cm³/mol. The number of aromatic amines is 1. The number of methoxy groups -OCH3 is 1. The molecular formula is C26H22N4OS. The van der Waals surface area contributed by atoms with Gasteiger partial charge in [0.05, 0.1) is 7.11 Å². The molecule has 5 rings (SSSR count). The molecule has 32 heavy (non-hydrogen) atoms. The molecule has 2 aromatic heterocycles. The Kier molecular flexibility index (Phi) is 5.77. The minimum atomic E-state index is 0.789. The molecule has 0 spiro atoms. The number of hydrogen-bond acceptors (Lipinski definition) is 4. The average molecular weight is 439 g/mol. The molecule has 3 aromatic carbocycles. The van der Waals surface area contributed by atoms with Crippen LogP contribution in [0.25, 0.3) is 34.1 Å². The number of H-pyrrole nitrogens is 1. The quantitative estimate of drug-likeness (QED) is 0.306. The van der Waals surface area contributed by atoms with Crippen LogP contribution in [0.5, 0.6) is 5.75 Å². The van der Waals surface area contributed by atoms with Gasteiger partial charge in [0.1, 0.15) is 5.75 Å². The van der Waals surface area contributed by atoms with E-state index in [-0.39, 0.29) is 0 Å². The number of aromatic nitrogens is 4. The average Bonchev–Trinajstić information content (AvgIpc) is 3.46. The summed E-state index contributed by atoms with van der Waals surface area (Å²) in [7, 11) is 1.67. The number of nitrogens with one attached hydrogen (secondary N) is 1. The van der Waals surface area contributed by atoms with Crippen molar-refractivity contribution in [2.75, 3.05) is 12.9 Å². The molecule has 0 saturated carbocycles. The summed E-state index contributed by atoms with van der Waals surface area (Å²) in [5.74, 6) is 2.41. The molecule has 0 amide bonds. The monoisotopic (exact) mass is 438 g/mol. The van der Waals surface area contributed by atoms with Gasteiger partial charge in [-0.1, -0.05) is 72.4 Å². The Hall–Kier alpha value is -3.77. The lowest BCUT2D eigenvalue weighted by atomic mass is 10.1. The smallest absolute Gasteiger partial charge is 0.196 e. The molecule has 0 radical (unpaired) electrons. The summed E-state index contributed by atoms with van der Waals surface area (Å²) in [6.07, 6.45) is 6.28. The van der Waals surface area contributed by atoms with Gasteiger partial charge in [-0.05, 0) is 35.9 Å². The van der Waals surface area contributed by atoms with Crippen molar-refractivity contribution in [1.29, 1.82) is 0 Å². The standard InChI is InChI=1S/C26H22N4OS/c1-31-21-15-13-20(14-16-21)30-25(23-18-27-24-12-6-5-11-22(23)24)28-29-26(30)32-17-7-10-19-8-3-2-4-9-19/h2-16,18,27H,17H2,1H3. The zero-order valence-electron chi connectivity index (χ0n) is 17.6. The second kappa shape index (κ2) is 9.16. The first-order valence-electron chi connectivity index (χ1n) is 10.3. The molecule has 158 valence electrons. The molecule has 0 unspecified atom stereocenters. The number of nitrogens with zero attached hydrogens (tertiary/aromatic N) is 3. The van der Waals surface area contributed by atoms with Crippen molar-refractivity contribution in [2.45, 2.75) is 5.16 Å². The molecule has 0 bridgehead atoms. The summed E-state index contributed by atoms with van der Waals surface area (Å²) in [6.45, 7) is 0. The molecule has 0 aliphatic heterocycles. The summed E-state index contributed by atoms with van der Waals surface area (Å²) in [4.78, 5) is 3.34. The lowest BCUT2D eigenvalue weighted by molar-refractivity contribution is 0.414. The van der Waals surface area contributed by atoms with Gasteiger partial charge in [-0.15, -0.1) is 10.2 Å². The molecule has 0 aliphatic carbocycles. The van der Waals surface area contributed by atoms with Gasteiger partial charge in [0.15, 0.2) is 11.0 Å². The highest BCUT2D eigenvalue weighted by atomic mass is 32.2. The maximum atomic E-state index is 5.34. The van der Waals surface area contributed by atoms with Gasteiger partial charge >= 0.3 is 0 Å². The fourth-order valence-corrected chi connectivity index (χ4v) is 4.39. The van der Waals surface area contributed by atoms with Crippen LogP contribution in [0.1, 0.15) is 5.56 Å². The Bertz CT molecular complexity index is 1350. The molecule has 0 saturated heterocycles. The fraction of sp³-hybridized carbons (Fsp3) is 0.0769. The number of ether oxygens (including phenoxy) is 1. The largest absolute Gasteiger partial charge is 0.497 e. The number of fused-ring (bicyclic) bond motifs is 1. The molecule has 1 N–H and O–H groups in total. The van der Waals surface area contributed by atoms with E-state index in [0.29, 0.717) is 0 Å². The van der Waals surface area contributed by atoms with Crippen molar-refractivity contribution < 1.29 is 4.74 Å². The summed E-state index contributed by atoms with van der Waals surface area (Å²) in [6, 6.07) is 26.5. The van der Waals surface area contributed by atoms with Gasteiger partial charge in [-0.25, -0.2) is 0 Å². The van der Waals surface area contributed by atoms with Crippen LogP contribution in [-0.4, -0.2) is 32.6 Å². The maximum Gasteiger partial charge on any atom is 0.196 e. The number of rotatable bonds is 7. The Balaban J connectivity index is 1.51. The first-order valence-corrected chi connectivity index (χ1v) is 11.3. The van der Waals surface area contributed by atoms with Crippen molar-refractivity contribution in [3.05, 3.63) is 96.7 Å². The Morgan fingerprint density at radius 1 is 0.938 bits per heavy atom. The van der Waals surface area contributed by atoms with Crippen molar-refractivity contribution in [3.63, 3.8) is 0 Å².